The van der Waals surface area contributed by atoms with Crippen LogP contribution in [0, 0.1) is 0 Å². The van der Waals surface area contributed by atoms with Crippen molar-refractivity contribution in [2.75, 3.05) is 5.32 Å². The quantitative estimate of drug-likeness (QED) is 0.687. The Morgan fingerprint density at radius 3 is 2.71 bits per heavy atom. The first kappa shape index (κ1) is 12.9. The molecule has 1 amide bonds. The Labute approximate surface area is 119 Å². The van der Waals surface area contributed by atoms with Gasteiger partial charge in [-0.15, -0.1) is 0 Å². The van der Waals surface area contributed by atoms with Gasteiger partial charge in [0, 0.05) is 11.6 Å². The molecule has 0 spiro atoms. The molecular formula is C15H11N3O3. The number of nitrogens with zero attached hydrogens (tertiary/aromatic N) is 1. The van der Waals surface area contributed by atoms with Crippen LogP contribution >= 0.6 is 0 Å². The third kappa shape index (κ3) is 2.46. The average molecular weight is 281 g/mol. The number of fused-ring (bicyclic) bond motifs is 1. The molecule has 0 saturated carbocycles. The van der Waals surface area contributed by atoms with Gasteiger partial charge in [0.05, 0.1) is 11.1 Å². The number of carboxylic acids is 1. The topological polar surface area (TPSA) is 95.1 Å². The Kier molecular flexibility index (Phi) is 3.12. The van der Waals surface area contributed by atoms with E-state index in [1.165, 1.54) is 12.1 Å². The third-order valence-corrected chi connectivity index (χ3v) is 3.04. The number of aromatic carboxylic acids is 1. The number of benzene rings is 1. The summed E-state index contributed by atoms with van der Waals surface area (Å²) in [5, 5.41) is 12.4. The fourth-order valence-corrected chi connectivity index (χ4v) is 2.08. The van der Waals surface area contributed by atoms with E-state index >= 15 is 0 Å². The number of carboxylic acid groups (broad SMARTS) is 1. The van der Waals surface area contributed by atoms with Crippen molar-refractivity contribution < 1.29 is 14.7 Å². The number of H-pyrrole nitrogens is 1. The molecular weight excluding hydrogens is 270 g/mol. The molecule has 3 aromatic rings. The van der Waals surface area contributed by atoms with E-state index in [0.717, 1.165) is 10.9 Å². The fraction of sp³-hybridized carbons (Fsp3) is 0. The Bertz CT molecular complexity index is 839. The minimum absolute atomic E-state index is 0.120. The first-order chi connectivity index (χ1) is 10.1. The molecule has 104 valence electrons. The smallest absolute Gasteiger partial charge is 0.354 e. The van der Waals surface area contributed by atoms with Crippen LogP contribution in [0.1, 0.15) is 20.8 Å². The third-order valence-electron chi connectivity index (χ3n) is 3.04. The molecule has 0 bridgehead atoms. The SMILES string of the molecule is O=C(O)c1cccc(NC(=O)c2cccc3cc[nH]c23)n1. The lowest BCUT2D eigenvalue weighted by Gasteiger charge is -2.06. The second kappa shape index (κ2) is 5.09. The number of aromatic nitrogens is 2. The van der Waals surface area contributed by atoms with Crippen molar-refractivity contribution in [3.63, 3.8) is 0 Å². The highest BCUT2D eigenvalue weighted by Gasteiger charge is 2.12. The molecule has 0 aliphatic carbocycles. The second-order valence-electron chi connectivity index (χ2n) is 4.41. The number of hydrogen-bond acceptors (Lipinski definition) is 3. The molecule has 2 aromatic heterocycles. The zero-order valence-electron chi connectivity index (χ0n) is 10.8. The van der Waals surface area contributed by atoms with Crippen LogP contribution in [0.4, 0.5) is 5.82 Å². The van der Waals surface area contributed by atoms with Gasteiger partial charge in [0.2, 0.25) is 0 Å². The number of carbonyl (C=O) groups excluding carboxylic acids is 1. The predicted molar refractivity (Wildman–Crippen MR) is 77.4 cm³/mol. The van der Waals surface area contributed by atoms with Crippen LogP contribution in [0.25, 0.3) is 10.9 Å². The number of anilines is 1. The van der Waals surface area contributed by atoms with Gasteiger partial charge in [0.25, 0.3) is 5.91 Å². The number of aromatic amines is 1. The maximum absolute atomic E-state index is 12.3. The summed E-state index contributed by atoms with van der Waals surface area (Å²) in [5.41, 5.74) is 1.08. The summed E-state index contributed by atoms with van der Waals surface area (Å²) >= 11 is 0. The summed E-state index contributed by atoms with van der Waals surface area (Å²) in [6, 6.07) is 11.7. The van der Waals surface area contributed by atoms with E-state index in [9.17, 15) is 9.59 Å². The number of nitrogens with one attached hydrogen (secondary N) is 2. The van der Waals surface area contributed by atoms with Crippen LogP contribution in [-0.2, 0) is 0 Å². The molecule has 0 radical (unpaired) electrons. The van der Waals surface area contributed by atoms with Crippen molar-refractivity contribution >= 4 is 28.6 Å². The first-order valence-electron chi connectivity index (χ1n) is 6.23. The van der Waals surface area contributed by atoms with E-state index in [0.29, 0.717) is 5.56 Å². The Morgan fingerprint density at radius 2 is 1.90 bits per heavy atom. The van der Waals surface area contributed by atoms with Gasteiger partial charge in [-0.25, -0.2) is 9.78 Å². The largest absolute Gasteiger partial charge is 0.477 e. The predicted octanol–water partition coefficient (Wildman–Crippen LogP) is 2.51. The van der Waals surface area contributed by atoms with Crippen molar-refractivity contribution in [2.24, 2.45) is 0 Å². The van der Waals surface area contributed by atoms with E-state index in [1.807, 2.05) is 12.1 Å². The van der Waals surface area contributed by atoms with E-state index in [4.69, 9.17) is 5.11 Å². The Morgan fingerprint density at radius 1 is 1.10 bits per heavy atom. The molecule has 0 aliphatic rings. The average Bonchev–Trinajstić information content (AvgIpc) is 2.95. The molecule has 6 heteroatoms. The van der Waals surface area contributed by atoms with Gasteiger partial charge in [-0.2, -0.15) is 0 Å². The van der Waals surface area contributed by atoms with Crippen molar-refractivity contribution in [1.29, 1.82) is 0 Å². The van der Waals surface area contributed by atoms with E-state index in [-0.39, 0.29) is 17.4 Å². The molecule has 0 fully saturated rings. The van der Waals surface area contributed by atoms with Gasteiger partial charge in [-0.3, -0.25) is 4.79 Å². The maximum atomic E-state index is 12.3. The van der Waals surface area contributed by atoms with Crippen LogP contribution in [0.3, 0.4) is 0 Å². The van der Waals surface area contributed by atoms with Crippen molar-refractivity contribution in [3.8, 4) is 0 Å². The van der Waals surface area contributed by atoms with E-state index < -0.39 is 5.97 Å². The van der Waals surface area contributed by atoms with Gasteiger partial charge >= 0.3 is 5.97 Å². The number of pyridine rings is 1. The number of hydrogen-bond donors (Lipinski definition) is 3. The van der Waals surface area contributed by atoms with Crippen molar-refractivity contribution in [1.82, 2.24) is 9.97 Å². The summed E-state index contributed by atoms with van der Waals surface area (Å²) in [5.74, 6) is -1.29. The van der Waals surface area contributed by atoms with E-state index in [1.54, 1.807) is 24.4 Å². The van der Waals surface area contributed by atoms with Crippen LogP contribution in [0.5, 0.6) is 0 Å². The standard InChI is InChI=1S/C15H11N3O3/c19-14(10-4-1-3-9-7-8-16-13(9)10)18-12-6-2-5-11(17-12)15(20)21/h1-8,16H,(H,20,21)(H,17,18,19). The lowest BCUT2D eigenvalue weighted by molar-refractivity contribution is 0.0690. The summed E-state index contributed by atoms with van der Waals surface area (Å²) in [6.07, 6.45) is 1.75. The van der Waals surface area contributed by atoms with Crippen LogP contribution < -0.4 is 5.32 Å². The summed E-state index contributed by atoms with van der Waals surface area (Å²) in [7, 11) is 0. The molecule has 3 N–H and O–H groups in total. The lowest BCUT2D eigenvalue weighted by Crippen LogP contribution is -2.14. The second-order valence-corrected chi connectivity index (χ2v) is 4.41. The molecule has 21 heavy (non-hydrogen) atoms. The highest BCUT2D eigenvalue weighted by Crippen LogP contribution is 2.18. The molecule has 3 rings (SSSR count). The van der Waals surface area contributed by atoms with Crippen LogP contribution in [0.15, 0.2) is 48.7 Å². The molecule has 2 heterocycles. The summed E-state index contributed by atoms with van der Waals surface area (Å²) in [6.45, 7) is 0. The zero-order chi connectivity index (χ0) is 14.8. The monoisotopic (exact) mass is 281 g/mol. The summed E-state index contributed by atoms with van der Waals surface area (Å²) < 4.78 is 0. The van der Waals surface area contributed by atoms with E-state index in [2.05, 4.69) is 15.3 Å². The highest BCUT2D eigenvalue weighted by atomic mass is 16.4. The van der Waals surface area contributed by atoms with Crippen molar-refractivity contribution in [3.05, 3.63) is 59.9 Å². The van der Waals surface area contributed by atoms with Gasteiger partial charge in [-0.1, -0.05) is 18.2 Å². The summed E-state index contributed by atoms with van der Waals surface area (Å²) in [4.78, 5) is 30.0. The van der Waals surface area contributed by atoms with Crippen molar-refractivity contribution in [2.45, 2.75) is 0 Å². The minimum atomic E-state index is -1.14. The maximum Gasteiger partial charge on any atom is 0.354 e. The van der Waals surface area contributed by atoms with Gasteiger partial charge in [0.15, 0.2) is 5.69 Å². The van der Waals surface area contributed by atoms with Crippen LogP contribution in [-0.4, -0.2) is 27.0 Å². The molecule has 0 aliphatic heterocycles. The number of carbonyl (C=O) groups is 2. The first-order valence-corrected chi connectivity index (χ1v) is 6.23. The molecule has 0 saturated heterocycles. The number of para-hydroxylation sites is 1. The molecule has 6 nitrogen and oxygen atoms in total. The highest BCUT2D eigenvalue weighted by molar-refractivity contribution is 6.11. The molecule has 1 aromatic carbocycles. The Balaban J connectivity index is 1.91. The normalized spacial score (nSPS) is 10.5. The number of rotatable bonds is 3. The number of amides is 1. The van der Waals surface area contributed by atoms with Crippen LogP contribution in [0.2, 0.25) is 0 Å². The minimum Gasteiger partial charge on any atom is -0.477 e. The van der Waals surface area contributed by atoms with Gasteiger partial charge in [-0.05, 0) is 24.3 Å². The zero-order valence-corrected chi connectivity index (χ0v) is 10.8. The molecule has 0 atom stereocenters. The Hall–Kier alpha value is -3.15. The van der Waals surface area contributed by atoms with Gasteiger partial charge in [0.1, 0.15) is 5.82 Å². The molecule has 0 unspecified atom stereocenters. The fourth-order valence-electron chi connectivity index (χ4n) is 2.08. The lowest BCUT2D eigenvalue weighted by atomic mass is 10.1. The van der Waals surface area contributed by atoms with Gasteiger partial charge < -0.3 is 15.4 Å².